The van der Waals surface area contributed by atoms with E-state index in [1.807, 2.05) is 16.8 Å². The van der Waals surface area contributed by atoms with E-state index >= 15 is 0 Å². The Balaban J connectivity index is 1.90. The first-order chi connectivity index (χ1) is 12.8. The predicted molar refractivity (Wildman–Crippen MR) is 97.7 cm³/mol. The van der Waals surface area contributed by atoms with Crippen molar-refractivity contribution < 1.29 is 22.8 Å². The summed E-state index contributed by atoms with van der Waals surface area (Å²) in [5.41, 5.74) is 1.23. The molecule has 2 aromatic rings. The molecule has 0 spiro atoms. The highest BCUT2D eigenvalue weighted by Crippen LogP contribution is 2.37. The Bertz CT molecular complexity index is 824. The minimum absolute atomic E-state index is 0.0552. The summed E-state index contributed by atoms with van der Waals surface area (Å²) in [6.45, 7) is 0.240. The lowest BCUT2D eigenvalue weighted by molar-refractivity contribution is -0.158. The maximum Gasteiger partial charge on any atom is 0.409 e. The van der Waals surface area contributed by atoms with Gasteiger partial charge in [-0.25, -0.2) is 0 Å². The number of halogens is 3. The number of fused-ring (bicyclic) bond motifs is 1. The number of benzene rings is 1. The number of carbonyl (C=O) groups excluding carboxylic acids is 2. The van der Waals surface area contributed by atoms with E-state index in [2.05, 4.69) is 5.32 Å². The fourth-order valence-electron chi connectivity index (χ4n) is 3.05. The smallest absolute Gasteiger partial charge is 0.324 e. The molecule has 27 heavy (non-hydrogen) atoms. The van der Waals surface area contributed by atoms with Crippen LogP contribution in [0.4, 0.5) is 24.5 Å². The molecule has 9 heteroatoms. The number of alkyl halides is 3. The number of hydrogen-bond acceptors (Lipinski definition) is 4. The number of anilines is 2. The van der Waals surface area contributed by atoms with Crippen LogP contribution in [0.3, 0.4) is 0 Å². The number of likely N-dealkylation sites (N-methyl/N-ethyl adjacent to an activating group) is 1. The SMILES string of the molecule is CN(CC(=O)N1c2ccccc2NC(=O)C[C@H]1C(F)(F)F)Cc1ccsc1. The molecular weight excluding hydrogens is 379 g/mol. The molecule has 5 nitrogen and oxygen atoms in total. The zero-order valence-electron chi connectivity index (χ0n) is 14.5. The fourth-order valence-corrected chi connectivity index (χ4v) is 3.71. The number of carbonyl (C=O) groups is 2. The van der Waals surface area contributed by atoms with Crippen molar-refractivity contribution in [1.29, 1.82) is 0 Å². The van der Waals surface area contributed by atoms with Crippen LogP contribution < -0.4 is 10.2 Å². The third-order valence-electron chi connectivity index (χ3n) is 4.21. The minimum Gasteiger partial charge on any atom is -0.324 e. The number of rotatable bonds is 4. The van der Waals surface area contributed by atoms with Crippen LogP contribution in [0.1, 0.15) is 12.0 Å². The van der Waals surface area contributed by atoms with Crippen molar-refractivity contribution in [2.24, 2.45) is 0 Å². The summed E-state index contributed by atoms with van der Waals surface area (Å²) in [7, 11) is 1.67. The molecule has 0 saturated heterocycles. The molecule has 0 radical (unpaired) electrons. The normalized spacial score (nSPS) is 17.4. The molecule has 1 N–H and O–H groups in total. The zero-order chi connectivity index (χ0) is 19.6. The monoisotopic (exact) mass is 397 g/mol. The van der Waals surface area contributed by atoms with Gasteiger partial charge in [-0.15, -0.1) is 0 Å². The highest BCUT2D eigenvalue weighted by atomic mass is 32.1. The minimum atomic E-state index is -4.73. The summed E-state index contributed by atoms with van der Waals surface area (Å²) >= 11 is 1.51. The van der Waals surface area contributed by atoms with Gasteiger partial charge >= 0.3 is 6.18 Å². The largest absolute Gasteiger partial charge is 0.409 e. The van der Waals surface area contributed by atoms with Crippen molar-refractivity contribution in [2.45, 2.75) is 25.2 Å². The van der Waals surface area contributed by atoms with E-state index in [-0.39, 0.29) is 17.9 Å². The van der Waals surface area contributed by atoms with Gasteiger partial charge in [0.2, 0.25) is 11.8 Å². The van der Waals surface area contributed by atoms with Gasteiger partial charge in [0.1, 0.15) is 6.04 Å². The summed E-state index contributed by atoms with van der Waals surface area (Å²) in [5.74, 6) is -1.48. The lowest BCUT2D eigenvalue weighted by atomic mass is 10.1. The second-order valence-electron chi connectivity index (χ2n) is 6.39. The molecule has 0 aliphatic carbocycles. The third-order valence-corrected chi connectivity index (χ3v) is 4.94. The Labute approximate surface area is 158 Å². The van der Waals surface area contributed by atoms with Gasteiger partial charge in [-0.3, -0.25) is 19.4 Å². The van der Waals surface area contributed by atoms with Crippen LogP contribution >= 0.6 is 11.3 Å². The Morgan fingerprint density at radius 1 is 1.33 bits per heavy atom. The number of para-hydroxylation sites is 2. The molecule has 1 aliphatic heterocycles. The molecule has 0 fully saturated rings. The number of nitrogens with one attached hydrogen (secondary N) is 1. The van der Waals surface area contributed by atoms with E-state index in [9.17, 15) is 22.8 Å². The Morgan fingerprint density at radius 3 is 2.74 bits per heavy atom. The average molecular weight is 397 g/mol. The van der Waals surface area contributed by atoms with Crippen LogP contribution in [0.2, 0.25) is 0 Å². The summed E-state index contributed by atoms with van der Waals surface area (Å²) in [4.78, 5) is 27.2. The molecule has 1 aromatic heterocycles. The standard InChI is InChI=1S/C18H18F3N3O2S/c1-23(9-12-6-7-27-11-12)10-17(26)24-14-5-3-2-4-13(14)22-16(25)8-15(24)18(19,20)21/h2-7,11,15H,8-10H2,1H3,(H,22,25)/t15-/m0/s1. The van der Waals surface area contributed by atoms with Gasteiger partial charge in [0.05, 0.1) is 24.3 Å². The average Bonchev–Trinajstić information content (AvgIpc) is 3.01. The lowest BCUT2D eigenvalue weighted by Crippen LogP contribution is -2.52. The first kappa shape index (κ1) is 19.4. The molecule has 1 aliphatic rings. The first-order valence-corrected chi connectivity index (χ1v) is 9.17. The maximum absolute atomic E-state index is 13.7. The van der Waals surface area contributed by atoms with Gasteiger partial charge < -0.3 is 5.32 Å². The van der Waals surface area contributed by atoms with Gasteiger partial charge in [0.15, 0.2) is 0 Å². The quantitative estimate of drug-likeness (QED) is 0.859. The second kappa shape index (κ2) is 7.69. The van der Waals surface area contributed by atoms with E-state index in [1.165, 1.54) is 23.5 Å². The van der Waals surface area contributed by atoms with Crippen LogP contribution in [-0.4, -0.2) is 42.5 Å². The van der Waals surface area contributed by atoms with Crippen molar-refractivity contribution in [2.75, 3.05) is 23.8 Å². The third kappa shape index (κ3) is 4.48. The molecule has 2 amide bonds. The Hall–Kier alpha value is -2.39. The van der Waals surface area contributed by atoms with Crippen molar-refractivity contribution in [3.63, 3.8) is 0 Å². The molecule has 2 heterocycles. The molecule has 0 unspecified atom stereocenters. The molecule has 1 atom stereocenters. The van der Waals surface area contributed by atoms with Crippen molar-refractivity contribution in [3.8, 4) is 0 Å². The first-order valence-electron chi connectivity index (χ1n) is 8.23. The van der Waals surface area contributed by atoms with E-state index in [1.54, 1.807) is 24.1 Å². The number of thiophene rings is 1. The highest BCUT2D eigenvalue weighted by molar-refractivity contribution is 7.07. The summed E-state index contributed by atoms with van der Waals surface area (Å²) in [6, 6.07) is 5.73. The summed E-state index contributed by atoms with van der Waals surface area (Å²) < 4.78 is 41.0. The zero-order valence-corrected chi connectivity index (χ0v) is 15.3. The van der Waals surface area contributed by atoms with E-state index < -0.39 is 30.5 Å². The Morgan fingerprint density at radius 2 is 2.07 bits per heavy atom. The van der Waals surface area contributed by atoms with Gasteiger partial charge in [-0.2, -0.15) is 24.5 Å². The van der Waals surface area contributed by atoms with Crippen molar-refractivity contribution in [1.82, 2.24) is 4.90 Å². The van der Waals surface area contributed by atoms with Gasteiger partial charge in [-0.05, 0) is 41.6 Å². The topological polar surface area (TPSA) is 52.7 Å². The number of amides is 2. The molecular formula is C18H18F3N3O2S. The highest BCUT2D eigenvalue weighted by Gasteiger charge is 2.49. The van der Waals surface area contributed by atoms with Gasteiger partial charge in [-0.1, -0.05) is 12.1 Å². The lowest BCUT2D eigenvalue weighted by Gasteiger charge is -2.32. The van der Waals surface area contributed by atoms with Gasteiger partial charge in [0.25, 0.3) is 0 Å². The molecule has 0 saturated carbocycles. The predicted octanol–water partition coefficient (Wildman–Crippen LogP) is 3.49. The molecule has 3 rings (SSSR count). The molecule has 1 aromatic carbocycles. The Kier molecular flexibility index (Phi) is 5.52. The van der Waals surface area contributed by atoms with Crippen molar-refractivity contribution >= 4 is 34.5 Å². The van der Waals surface area contributed by atoms with Crippen LogP contribution in [0.5, 0.6) is 0 Å². The summed E-state index contributed by atoms with van der Waals surface area (Å²) in [6.07, 6.45) is -5.56. The molecule has 0 bridgehead atoms. The van der Waals surface area contributed by atoms with Crippen LogP contribution in [0.25, 0.3) is 0 Å². The van der Waals surface area contributed by atoms with Crippen LogP contribution in [-0.2, 0) is 16.1 Å². The van der Waals surface area contributed by atoms with Gasteiger partial charge in [0, 0.05) is 6.54 Å². The summed E-state index contributed by atoms with van der Waals surface area (Å²) in [5, 5.41) is 6.27. The van der Waals surface area contributed by atoms with E-state index in [0.717, 1.165) is 5.56 Å². The number of nitrogens with zero attached hydrogens (tertiary/aromatic N) is 2. The van der Waals surface area contributed by atoms with E-state index in [4.69, 9.17) is 0 Å². The second-order valence-corrected chi connectivity index (χ2v) is 7.17. The van der Waals surface area contributed by atoms with Crippen LogP contribution in [0.15, 0.2) is 41.1 Å². The van der Waals surface area contributed by atoms with Crippen molar-refractivity contribution in [3.05, 3.63) is 46.7 Å². The van der Waals surface area contributed by atoms with Crippen LogP contribution in [0, 0.1) is 0 Å². The maximum atomic E-state index is 13.7. The molecule has 144 valence electrons. The van der Waals surface area contributed by atoms with E-state index in [0.29, 0.717) is 11.4 Å². The number of hydrogen-bond donors (Lipinski definition) is 1. The fraction of sp³-hybridized carbons (Fsp3) is 0.333.